The first-order chi connectivity index (χ1) is 12.2. The Balaban J connectivity index is 1.62. The van der Waals surface area contributed by atoms with Crippen molar-refractivity contribution in [1.82, 2.24) is 15.2 Å². The third-order valence-electron chi connectivity index (χ3n) is 4.32. The molecule has 0 aliphatic carbocycles. The fraction of sp³-hybridized carbons (Fsp3) is 0.368. The molecule has 6 heteroatoms. The molecule has 1 atom stereocenters. The van der Waals surface area contributed by atoms with Gasteiger partial charge in [-0.1, -0.05) is 29.8 Å². The van der Waals surface area contributed by atoms with Crippen LogP contribution >= 0.6 is 11.6 Å². The van der Waals surface area contributed by atoms with Crippen molar-refractivity contribution in [2.24, 2.45) is 0 Å². The molecule has 3 rings (SSSR count). The van der Waals surface area contributed by atoms with Gasteiger partial charge in [-0.25, -0.2) is 9.78 Å². The summed E-state index contributed by atoms with van der Waals surface area (Å²) in [5.41, 5.74) is 2.07. The van der Waals surface area contributed by atoms with Gasteiger partial charge in [0.15, 0.2) is 0 Å². The lowest BCUT2D eigenvalue weighted by atomic mass is 10.0. The summed E-state index contributed by atoms with van der Waals surface area (Å²) in [6.07, 6.45) is 3.66. The summed E-state index contributed by atoms with van der Waals surface area (Å²) >= 11 is 5.78. The second kappa shape index (κ2) is 8.21. The van der Waals surface area contributed by atoms with E-state index in [1.54, 1.807) is 12.3 Å². The Hall–Kier alpha value is -2.27. The standard InChI is InChI=1S/C19H22ClN3O2/c1-2-25-16-8-6-15(7-9-16)17-4-3-11-23(17)19(24)22-13-14-5-10-18(20)21-12-14/h5-10,12,17H,2-4,11,13H2,1H3,(H,22,24). The summed E-state index contributed by atoms with van der Waals surface area (Å²) in [7, 11) is 0. The molecule has 1 aliphatic rings. The Morgan fingerprint density at radius 3 is 2.80 bits per heavy atom. The van der Waals surface area contributed by atoms with E-state index >= 15 is 0 Å². The van der Waals surface area contributed by atoms with Crippen molar-refractivity contribution in [2.75, 3.05) is 13.2 Å². The smallest absolute Gasteiger partial charge is 0.318 e. The number of urea groups is 1. The van der Waals surface area contributed by atoms with E-state index in [1.807, 2.05) is 42.2 Å². The Bertz CT molecular complexity index is 704. The Morgan fingerprint density at radius 2 is 2.12 bits per heavy atom. The van der Waals surface area contributed by atoms with Crippen LogP contribution in [0.3, 0.4) is 0 Å². The van der Waals surface area contributed by atoms with Crippen LogP contribution in [0.1, 0.15) is 36.9 Å². The maximum Gasteiger partial charge on any atom is 0.318 e. The number of carbonyl (C=O) groups excluding carboxylic acids is 1. The van der Waals surface area contributed by atoms with E-state index < -0.39 is 0 Å². The quantitative estimate of drug-likeness (QED) is 0.815. The number of nitrogens with one attached hydrogen (secondary N) is 1. The van der Waals surface area contributed by atoms with Gasteiger partial charge >= 0.3 is 6.03 Å². The molecule has 0 radical (unpaired) electrons. The summed E-state index contributed by atoms with van der Waals surface area (Å²) in [6.45, 7) is 3.82. The average molecular weight is 360 g/mol. The molecule has 1 aromatic heterocycles. The summed E-state index contributed by atoms with van der Waals surface area (Å²) in [5, 5.41) is 3.42. The third kappa shape index (κ3) is 4.42. The van der Waals surface area contributed by atoms with E-state index in [4.69, 9.17) is 16.3 Å². The Labute approximate surface area is 153 Å². The number of benzene rings is 1. The van der Waals surface area contributed by atoms with Crippen LogP contribution in [0.25, 0.3) is 0 Å². The lowest BCUT2D eigenvalue weighted by Crippen LogP contribution is -2.39. The minimum atomic E-state index is -0.0497. The average Bonchev–Trinajstić information content (AvgIpc) is 3.12. The normalized spacial score (nSPS) is 16.7. The highest BCUT2D eigenvalue weighted by molar-refractivity contribution is 6.29. The third-order valence-corrected chi connectivity index (χ3v) is 4.55. The van der Waals surface area contributed by atoms with Crippen LogP contribution in [0.5, 0.6) is 5.75 Å². The number of hydrogen-bond donors (Lipinski definition) is 1. The second-order valence-corrected chi connectivity index (χ2v) is 6.39. The molecule has 1 aliphatic heterocycles. The fourth-order valence-corrected chi connectivity index (χ4v) is 3.21. The number of rotatable bonds is 5. The van der Waals surface area contributed by atoms with Gasteiger partial charge in [0.25, 0.3) is 0 Å². The van der Waals surface area contributed by atoms with Gasteiger partial charge in [-0.2, -0.15) is 0 Å². The number of likely N-dealkylation sites (tertiary alicyclic amines) is 1. The molecule has 1 unspecified atom stereocenters. The van der Waals surface area contributed by atoms with Gasteiger partial charge in [0, 0.05) is 19.3 Å². The van der Waals surface area contributed by atoms with E-state index in [2.05, 4.69) is 10.3 Å². The number of nitrogens with zero attached hydrogens (tertiary/aromatic N) is 2. The van der Waals surface area contributed by atoms with Crippen molar-refractivity contribution < 1.29 is 9.53 Å². The number of pyridine rings is 1. The number of amides is 2. The molecule has 2 heterocycles. The predicted octanol–water partition coefficient (Wildman–Crippen LogP) is 4.18. The molecule has 1 fully saturated rings. The summed E-state index contributed by atoms with van der Waals surface area (Å²) in [4.78, 5) is 18.5. The molecule has 132 valence electrons. The minimum absolute atomic E-state index is 0.0497. The molecule has 0 spiro atoms. The highest BCUT2D eigenvalue weighted by Gasteiger charge is 2.29. The van der Waals surface area contributed by atoms with Gasteiger partial charge in [0.05, 0.1) is 12.6 Å². The van der Waals surface area contributed by atoms with Crippen molar-refractivity contribution in [2.45, 2.75) is 32.4 Å². The zero-order valence-corrected chi connectivity index (χ0v) is 15.0. The lowest BCUT2D eigenvalue weighted by molar-refractivity contribution is 0.192. The van der Waals surface area contributed by atoms with Gasteiger partial charge in [0.2, 0.25) is 0 Å². The van der Waals surface area contributed by atoms with Crippen molar-refractivity contribution in [1.29, 1.82) is 0 Å². The maximum atomic E-state index is 12.6. The number of halogens is 1. The second-order valence-electron chi connectivity index (χ2n) is 6.00. The van der Waals surface area contributed by atoms with Crippen LogP contribution in [-0.2, 0) is 6.54 Å². The van der Waals surface area contributed by atoms with E-state index in [0.29, 0.717) is 18.3 Å². The lowest BCUT2D eigenvalue weighted by Gasteiger charge is -2.25. The van der Waals surface area contributed by atoms with Gasteiger partial charge in [-0.3, -0.25) is 0 Å². The molecule has 2 amide bonds. The molecule has 1 aromatic carbocycles. The summed E-state index contributed by atoms with van der Waals surface area (Å²) in [5.74, 6) is 0.857. The fourth-order valence-electron chi connectivity index (χ4n) is 3.10. The maximum absolute atomic E-state index is 12.6. The molecule has 5 nitrogen and oxygen atoms in total. The van der Waals surface area contributed by atoms with Crippen LogP contribution in [0.2, 0.25) is 5.15 Å². The van der Waals surface area contributed by atoms with Crippen LogP contribution in [0, 0.1) is 0 Å². The molecule has 1 saturated heterocycles. The molecule has 25 heavy (non-hydrogen) atoms. The van der Waals surface area contributed by atoms with Crippen molar-refractivity contribution in [3.8, 4) is 5.75 Å². The zero-order chi connectivity index (χ0) is 17.6. The first-order valence-corrected chi connectivity index (χ1v) is 8.93. The van der Waals surface area contributed by atoms with Gasteiger partial charge < -0.3 is 15.0 Å². The topological polar surface area (TPSA) is 54.5 Å². The van der Waals surface area contributed by atoms with Gasteiger partial charge in [-0.05, 0) is 49.1 Å². The molecule has 1 N–H and O–H groups in total. The SMILES string of the molecule is CCOc1ccc(C2CCCN2C(=O)NCc2ccc(Cl)nc2)cc1. The van der Waals surface area contributed by atoms with Crippen molar-refractivity contribution in [3.05, 3.63) is 58.9 Å². The zero-order valence-electron chi connectivity index (χ0n) is 14.2. The Kier molecular flexibility index (Phi) is 5.76. The molecule has 0 bridgehead atoms. The Morgan fingerprint density at radius 1 is 1.32 bits per heavy atom. The van der Waals surface area contributed by atoms with Crippen LogP contribution < -0.4 is 10.1 Å². The van der Waals surface area contributed by atoms with E-state index in [1.165, 1.54) is 0 Å². The molecule has 2 aromatic rings. The predicted molar refractivity (Wildman–Crippen MR) is 97.8 cm³/mol. The number of ether oxygens (including phenoxy) is 1. The summed E-state index contributed by atoms with van der Waals surface area (Å²) < 4.78 is 5.49. The minimum Gasteiger partial charge on any atom is -0.494 e. The van der Waals surface area contributed by atoms with E-state index in [9.17, 15) is 4.79 Å². The monoisotopic (exact) mass is 359 g/mol. The molecular formula is C19H22ClN3O2. The van der Waals surface area contributed by atoms with E-state index in [0.717, 1.165) is 36.3 Å². The number of hydrogen-bond acceptors (Lipinski definition) is 3. The molecular weight excluding hydrogens is 338 g/mol. The number of aromatic nitrogens is 1. The largest absolute Gasteiger partial charge is 0.494 e. The van der Waals surface area contributed by atoms with Crippen LogP contribution in [0.15, 0.2) is 42.6 Å². The van der Waals surface area contributed by atoms with E-state index in [-0.39, 0.29) is 12.1 Å². The molecule has 0 saturated carbocycles. The first kappa shape index (κ1) is 17.5. The van der Waals surface area contributed by atoms with Crippen molar-refractivity contribution >= 4 is 17.6 Å². The summed E-state index contributed by atoms with van der Waals surface area (Å²) in [6, 6.07) is 11.7. The first-order valence-electron chi connectivity index (χ1n) is 8.55. The van der Waals surface area contributed by atoms with Crippen LogP contribution in [0.4, 0.5) is 4.79 Å². The van der Waals surface area contributed by atoms with Crippen molar-refractivity contribution in [3.63, 3.8) is 0 Å². The number of carbonyl (C=O) groups is 1. The highest BCUT2D eigenvalue weighted by Crippen LogP contribution is 2.32. The van der Waals surface area contributed by atoms with Crippen LogP contribution in [-0.4, -0.2) is 29.1 Å². The highest BCUT2D eigenvalue weighted by atomic mass is 35.5. The van der Waals surface area contributed by atoms with Gasteiger partial charge in [-0.15, -0.1) is 0 Å². The van der Waals surface area contributed by atoms with Gasteiger partial charge in [0.1, 0.15) is 10.9 Å².